The minimum Gasteiger partial charge on any atom is -0.465 e. The lowest BCUT2D eigenvalue weighted by molar-refractivity contribution is -0.149. The third-order valence-electron chi connectivity index (χ3n) is 3.81. The van der Waals surface area contributed by atoms with Crippen molar-refractivity contribution in [3.63, 3.8) is 0 Å². The SMILES string of the molecule is CCOC(=O)[C@H](C(C)C)N(Cc1sccc1Br)S(=O)(=O)c1ccccc1. The molecule has 0 radical (unpaired) electrons. The van der Waals surface area contributed by atoms with Crippen LogP contribution in [0.15, 0.2) is 51.1 Å². The molecule has 1 atom stereocenters. The first-order valence-electron chi connectivity index (χ1n) is 8.24. The second kappa shape index (κ2) is 9.12. The van der Waals surface area contributed by atoms with Gasteiger partial charge in [0.25, 0.3) is 0 Å². The number of carbonyl (C=O) groups is 1. The van der Waals surface area contributed by atoms with E-state index in [1.807, 2.05) is 25.3 Å². The fourth-order valence-corrected chi connectivity index (χ4v) is 5.85. The lowest BCUT2D eigenvalue weighted by Crippen LogP contribution is -2.48. The molecule has 142 valence electrons. The number of benzene rings is 1. The van der Waals surface area contributed by atoms with Crippen molar-refractivity contribution in [2.45, 2.75) is 38.3 Å². The van der Waals surface area contributed by atoms with Crippen LogP contribution in [0.2, 0.25) is 0 Å². The number of esters is 1. The summed E-state index contributed by atoms with van der Waals surface area (Å²) in [5, 5.41) is 1.88. The van der Waals surface area contributed by atoms with Crippen molar-refractivity contribution in [3.05, 3.63) is 51.1 Å². The third-order valence-corrected chi connectivity index (χ3v) is 7.56. The van der Waals surface area contributed by atoms with Gasteiger partial charge in [-0.25, -0.2) is 8.42 Å². The number of hydrogen-bond donors (Lipinski definition) is 0. The summed E-state index contributed by atoms with van der Waals surface area (Å²) in [5.41, 5.74) is 0. The van der Waals surface area contributed by atoms with Crippen LogP contribution in [0.4, 0.5) is 0 Å². The summed E-state index contributed by atoms with van der Waals surface area (Å²) in [6.45, 7) is 5.64. The summed E-state index contributed by atoms with van der Waals surface area (Å²) in [7, 11) is -3.88. The zero-order valence-electron chi connectivity index (χ0n) is 14.9. The molecule has 0 aliphatic heterocycles. The van der Waals surface area contributed by atoms with Crippen molar-refractivity contribution in [1.29, 1.82) is 0 Å². The topological polar surface area (TPSA) is 63.7 Å². The molecule has 0 N–H and O–H groups in total. The molecule has 0 saturated carbocycles. The van der Waals surface area contributed by atoms with E-state index in [0.29, 0.717) is 0 Å². The summed E-state index contributed by atoms with van der Waals surface area (Å²) in [5.74, 6) is -0.777. The summed E-state index contributed by atoms with van der Waals surface area (Å²) < 4.78 is 33.9. The van der Waals surface area contributed by atoms with E-state index >= 15 is 0 Å². The van der Waals surface area contributed by atoms with E-state index in [-0.39, 0.29) is 24.0 Å². The van der Waals surface area contributed by atoms with Crippen LogP contribution in [0.1, 0.15) is 25.6 Å². The van der Waals surface area contributed by atoms with Gasteiger partial charge in [-0.15, -0.1) is 11.3 Å². The van der Waals surface area contributed by atoms with E-state index in [0.717, 1.165) is 9.35 Å². The number of halogens is 1. The van der Waals surface area contributed by atoms with Gasteiger partial charge in [0.2, 0.25) is 10.0 Å². The third kappa shape index (κ3) is 4.73. The lowest BCUT2D eigenvalue weighted by Gasteiger charge is -2.31. The number of ether oxygens (including phenoxy) is 1. The van der Waals surface area contributed by atoms with E-state index in [1.165, 1.54) is 27.8 Å². The van der Waals surface area contributed by atoms with E-state index in [9.17, 15) is 13.2 Å². The van der Waals surface area contributed by atoms with Crippen LogP contribution in [0.5, 0.6) is 0 Å². The van der Waals surface area contributed by atoms with Gasteiger partial charge in [-0.3, -0.25) is 4.79 Å². The van der Waals surface area contributed by atoms with Gasteiger partial charge in [-0.2, -0.15) is 4.31 Å². The Morgan fingerprint density at radius 1 is 1.23 bits per heavy atom. The molecule has 0 aliphatic carbocycles. The number of rotatable bonds is 8. The number of thiophene rings is 1. The van der Waals surface area contributed by atoms with Crippen molar-refractivity contribution in [2.75, 3.05) is 6.61 Å². The molecule has 2 aromatic rings. The summed E-state index contributed by atoms with van der Waals surface area (Å²) in [6, 6.07) is 9.12. The van der Waals surface area contributed by atoms with Crippen LogP contribution in [0.25, 0.3) is 0 Å². The predicted molar refractivity (Wildman–Crippen MR) is 106 cm³/mol. The van der Waals surface area contributed by atoms with E-state index < -0.39 is 22.0 Å². The van der Waals surface area contributed by atoms with Crippen LogP contribution in [0.3, 0.4) is 0 Å². The first-order chi connectivity index (χ1) is 12.3. The Kier molecular flexibility index (Phi) is 7.40. The van der Waals surface area contributed by atoms with E-state index in [4.69, 9.17) is 4.74 Å². The maximum absolute atomic E-state index is 13.3. The molecule has 0 amide bonds. The Balaban J connectivity index is 2.54. The second-order valence-corrected chi connectivity index (χ2v) is 9.74. The highest BCUT2D eigenvalue weighted by Gasteiger charge is 2.39. The van der Waals surface area contributed by atoms with E-state index in [1.54, 1.807) is 25.1 Å². The monoisotopic (exact) mass is 459 g/mol. The molecule has 0 saturated heterocycles. The highest BCUT2D eigenvalue weighted by atomic mass is 79.9. The molecule has 0 spiro atoms. The molecule has 0 bridgehead atoms. The zero-order valence-corrected chi connectivity index (χ0v) is 18.1. The van der Waals surface area contributed by atoms with Crippen molar-refractivity contribution in [2.24, 2.45) is 5.92 Å². The van der Waals surface area contributed by atoms with Crippen LogP contribution >= 0.6 is 27.3 Å². The van der Waals surface area contributed by atoms with Gasteiger partial charge in [0.05, 0.1) is 18.0 Å². The van der Waals surface area contributed by atoms with Crippen LogP contribution in [0, 0.1) is 5.92 Å². The molecule has 0 fully saturated rings. The normalized spacial score (nSPS) is 13.2. The molecule has 26 heavy (non-hydrogen) atoms. The highest BCUT2D eigenvalue weighted by molar-refractivity contribution is 9.10. The maximum atomic E-state index is 13.3. The molecule has 0 unspecified atom stereocenters. The van der Waals surface area contributed by atoms with Gasteiger partial charge in [-0.05, 0) is 52.4 Å². The van der Waals surface area contributed by atoms with Gasteiger partial charge in [-0.1, -0.05) is 32.0 Å². The Hall–Kier alpha value is -1.22. The average molecular weight is 460 g/mol. The molecule has 5 nitrogen and oxygen atoms in total. The number of nitrogens with zero attached hydrogens (tertiary/aromatic N) is 1. The molecule has 1 heterocycles. The van der Waals surface area contributed by atoms with Crippen LogP contribution in [-0.2, 0) is 26.1 Å². The fraction of sp³-hybridized carbons (Fsp3) is 0.389. The standard InChI is InChI=1S/C18H22BrNO4S2/c1-4-24-18(21)17(13(2)3)20(12-16-15(19)10-11-25-16)26(22,23)14-8-6-5-7-9-14/h5-11,13,17H,4,12H2,1-3H3/t17-/m0/s1. The molecule has 1 aromatic carbocycles. The predicted octanol–water partition coefficient (Wildman–Crippen LogP) is 4.29. The number of carbonyl (C=O) groups excluding carboxylic acids is 1. The van der Waals surface area contributed by atoms with E-state index in [2.05, 4.69) is 15.9 Å². The number of hydrogen-bond acceptors (Lipinski definition) is 5. The first-order valence-corrected chi connectivity index (χ1v) is 11.4. The van der Waals surface area contributed by atoms with Crippen molar-refractivity contribution in [1.82, 2.24) is 4.31 Å². The van der Waals surface area contributed by atoms with Crippen LogP contribution < -0.4 is 0 Å². The largest absolute Gasteiger partial charge is 0.465 e. The van der Waals surface area contributed by atoms with Crippen molar-refractivity contribution >= 4 is 43.3 Å². The molecule has 8 heteroatoms. The average Bonchev–Trinajstić information content (AvgIpc) is 3.00. The maximum Gasteiger partial charge on any atom is 0.324 e. The highest BCUT2D eigenvalue weighted by Crippen LogP contribution is 2.30. The zero-order chi connectivity index (χ0) is 19.3. The Bertz CT molecular complexity index is 834. The molecule has 1 aromatic heterocycles. The molecular weight excluding hydrogens is 438 g/mol. The molecule has 2 rings (SSSR count). The molecular formula is C18H22BrNO4S2. The minimum absolute atomic E-state index is 0.0944. The summed E-state index contributed by atoms with van der Waals surface area (Å²) in [4.78, 5) is 13.6. The quantitative estimate of drug-likeness (QED) is 0.552. The Morgan fingerprint density at radius 2 is 1.88 bits per heavy atom. The second-order valence-electron chi connectivity index (χ2n) is 6.00. The summed E-state index contributed by atoms with van der Waals surface area (Å²) >= 11 is 4.88. The number of sulfonamides is 1. The van der Waals surface area contributed by atoms with Gasteiger partial charge in [0, 0.05) is 9.35 Å². The molecule has 0 aliphatic rings. The van der Waals surface area contributed by atoms with Crippen molar-refractivity contribution < 1.29 is 17.9 Å². The Labute approximate surface area is 167 Å². The smallest absolute Gasteiger partial charge is 0.324 e. The van der Waals surface area contributed by atoms with Gasteiger partial charge in [0.15, 0.2) is 0 Å². The fourth-order valence-electron chi connectivity index (χ4n) is 2.59. The Morgan fingerprint density at radius 3 is 2.38 bits per heavy atom. The van der Waals surface area contributed by atoms with Crippen LogP contribution in [-0.4, -0.2) is 31.3 Å². The van der Waals surface area contributed by atoms with Gasteiger partial charge >= 0.3 is 5.97 Å². The summed E-state index contributed by atoms with van der Waals surface area (Å²) in [6.07, 6.45) is 0. The first kappa shape index (κ1) is 21.1. The lowest BCUT2D eigenvalue weighted by atomic mass is 10.0. The van der Waals surface area contributed by atoms with Crippen molar-refractivity contribution in [3.8, 4) is 0 Å². The minimum atomic E-state index is -3.88. The van der Waals surface area contributed by atoms with Gasteiger partial charge < -0.3 is 4.74 Å². The van der Waals surface area contributed by atoms with Gasteiger partial charge in [0.1, 0.15) is 6.04 Å².